The SMILES string of the molecule is CC(C)C1=C2C3C[C@@H](O)C(CO)=CC(O)[C@]3(C)CC[C@@]2(C)CC1. The minimum atomic E-state index is -0.648. The zero-order chi connectivity index (χ0) is 17.0. The average Bonchev–Trinajstić information content (AvgIpc) is 2.81. The Morgan fingerprint density at radius 3 is 2.48 bits per heavy atom. The van der Waals surface area contributed by atoms with Gasteiger partial charge in [-0.1, -0.05) is 44.9 Å². The van der Waals surface area contributed by atoms with Gasteiger partial charge in [-0.25, -0.2) is 0 Å². The maximum absolute atomic E-state index is 10.9. The molecule has 3 aliphatic rings. The van der Waals surface area contributed by atoms with E-state index in [-0.39, 0.29) is 23.4 Å². The lowest BCUT2D eigenvalue weighted by Crippen LogP contribution is -2.46. The van der Waals surface area contributed by atoms with Crippen LogP contribution in [0.25, 0.3) is 0 Å². The first-order valence-electron chi connectivity index (χ1n) is 9.14. The summed E-state index contributed by atoms with van der Waals surface area (Å²) < 4.78 is 0. The summed E-state index contributed by atoms with van der Waals surface area (Å²) in [4.78, 5) is 0. The summed E-state index contributed by atoms with van der Waals surface area (Å²) in [6, 6.07) is 0. The molecule has 1 saturated carbocycles. The Morgan fingerprint density at radius 2 is 1.87 bits per heavy atom. The first-order valence-corrected chi connectivity index (χ1v) is 9.14. The molecule has 0 spiro atoms. The Bertz CT molecular complexity index is 547. The van der Waals surface area contributed by atoms with Gasteiger partial charge in [0.1, 0.15) is 0 Å². The van der Waals surface area contributed by atoms with Crippen LogP contribution in [0.15, 0.2) is 22.8 Å². The number of allylic oxidation sites excluding steroid dienone is 2. The highest BCUT2D eigenvalue weighted by molar-refractivity contribution is 5.37. The minimum absolute atomic E-state index is 0.172. The largest absolute Gasteiger partial charge is 0.392 e. The topological polar surface area (TPSA) is 60.7 Å². The highest BCUT2D eigenvalue weighted by atomic mass is 16.3. The van der Waals surface area contributed by atoms with Gasteiger partial charge in [-0.2, -0.15) is 0 Å². The fraction of sp³-hybridized carbons (Fsp3) is 0.800. The standard InChI is InChI=1S/C20H32O3/c1-12(2)14-5-6-19(3)7-8-20(4)15(18(14)19)10-16(22)13(11-21)9-17(20)23/h9,12,15-17,21-23H,5-8,10-11H2,1-4H3/t15?,16-,17?,19-,20-/m1/s1. The van der Waals surface area contributed by atoms with E-state index >= 15 is 0 Å². The van der Waals surface area contributed by atoms with Crippen LogP contribution in [0.4, 0.5) is 0 Å². The van der Waals surface area contributed by atoms with E-state index in [2.05, 4.69) is 27.7 Å². The Hall–Kier alpha value is -0.640. The molecule has 1 fully saturated rings. The zero-order valence-electron chi connectivity index (χ0n) is 15.0. The summed E-state index contributed by atoms with van der Waals surface area (Å²) in [7, 11) is 0. The normalized spacial score (nSPS) is 44.0. The first kappa shape index (κ1) is 17.2. The van der Waals surface area contributed by atoms with Crippen molar-refractivity contribution in [3.63, 3.8) is 0 Å². The van der Waals surface area contributed by atoms with E-state index in [1.54, 1.807) is 11.6 Å². The van der Waals surface area contributed by atoms with Gasteiger partial charge < -0.3 is 15.3 Å². The highest BCUT2D eigenvalue weighted by Gasteiger charge is 2.55. The van der Waals surface area contributed by atoms with Crippen LogP contribution < -0.4 is 0 Å². The molecule has 3 heteroatoms. The van der Waals surface area contributed by atoms with Crippen molar-refractivity contribution in [2.24, 2.45) is 22.7 Å². The molecule has 0 aromatic carbocycles. The van der Waals surface area contributed by atoms with Crippen LogP contribution in [0.5, 0.6) is 0 Å². The lowest BCUT2D eigenvalue weighted by Gasteiger charge is -2.51. The molecule has 3 N–H and O–H groups in total. The molecular formula is C20H32O3. The molecule has 3 aliphatic carbocycles. The minimum Gasteiger partial charge on any atom is -0.392 e. The van der Waals surface area contributed by atoms with Crippen LogP contribution in [0, 0.1) is 22.7 Å². The second-order valence-electron chi connectivity index (χ2n) is 8.81. The fourth-order valence-electron chi connectivity index (χ4n) is 5.40. The third-order valence-corrected chi connectivity index (χ3v) is 7.12. The molecule has 3 rings (SSSR count). The molecule has 2 unspecified atom stereocenters. The van der Waals surface area contributed by atoms with E-state index in [0.717, 1.165) is 19.3 Å². The quantitative estimate of drug-likeness (QED) is 0.685. The van der Waals surface area contributed by atoms with Crippen LogP contribution in [0.1, 0.15) is 59.8 Å². The van der Waals surface area contributed by atoms with Gasteiger partial charge in [-0.05, 0) is 54.9 Å². The molecule has 0 radical (unpaired) electrons. The lowest BCUT2D eigenvalue weighted by atomic mass is 9.54. The van der Waals surface area contributed by atoms with Gasteiger partial charge in [0, 0.05) is 5.41 Å². The number of aliphatic hydroxyl groups is 3. The van der Waals surface area contributed by atoms with E-state index in [9.17, 15) is 15.3 Å². The second-order valence-corrected chi connectivity index (χ2v) is 8.81. The molecular weight excluding hydrogens is 288 g/mol. The summed E-state index contributed by atoms with van der Waals surface area (Å²) in [5.41, 5.74) is 3.64. The molecule has 0 heterocycles. The van der Waals surface area contributed by atoms with Crippen LogP contribution >= 0.6 is 0 Å². The van der Waals surface area contributed by atoms with Crippen LogP contribution in [-0.2, 0) is 0 Å². The third-order valence-electron chi connectivity index (χ3n) is 7.12. The number of hydrogen-bond acceptors (Lipinski definition) is 3. The van der Waals surface area contributed by atoms with Crippen molar-refractivity contribution in [2.45, 2.75) is 72.0 Å². The molecule has 130 valence electrons. The summed E-state index contributed by atoms with van der Waals surface area (Å²) in [6.07, 6.45) is 5.55. The van der Waals surface area contributed by atoms with Crippen molar-refractivity contribution >= 4 is 0 Å². The van der Waals surface area contributed by atoms with Crippen molar-refractivity contribution in [1.82, 2.24) is 0 Å². The van der Waals surface area contributed by atoms with Gasteiger partial charge in [0.05, 0.1) is 18.8 Å². The third kappa shape index (κ3) is 2.52. The van der Waals surface area contributed by atoms with Gasteiger partial charge in [0.2, 0.25) is 0 Å². The van der Waals surface area contributed by atoms with Crippen LogP contribution in [0.3, 0.4) is 0 Å². The maximum atomic E-state index is 10.9. The van der Waals surface area contributed by atoms with Gasteiger partial charge in [-0.3, -0.25) is 0 Å². The molecule has 3 nitrogen and oxygen atoms in total. The van der Waals surface area contributed by atoms with Crippen molar-refractivity contribution in [1.29, 1.82) is 0 Å². The molecule has 0 aromatic rings. The molecule has 0 amide bonds. The Kier molecular flexibility index (Phi) is 4.27. The summed E-state index contributed by atoms with van der Waals surface area (Å²) in [6.45, 7) is 8.91. The average molecular weight is 320 g/mol. The monoisotopic (exact) mass is 320 g/mol. The number of aliphatic hydroxyl groups excluding tert-OH is 3. The fourth-order valence-corrected chi connectivity index (χ4v) is 5.40. The van der Waals surface area contributed by atoms with Crippen molar-refractivity contribution in [3.8, 4) is 0 Å². The highest BCUT2D eigenvalue weighted by Crippen LogP contribution is 2.63. The number of rotatable bonds is 2. The Labute approximate surface area is 140 Å². The number of hydrogen-bond donors (Lipinski definition) is 3. The predicted octanol–water partition coefficient (Wildman–Crippen LogP) is 3.20. The lowest BCUT2D eigenvalue weighted by molar-refractivity contribution is -0.0142. The first-order chi connectivity index (χ1) is 10.7. The Balaban J connectivity index is 2.11. The van der Waals surface area contributed by atoms with Crippen molar-refractivity contribution in [3.05, 3.63) is 22.8 Å². The summed E-state index contributed by atoms with van der Waals surface area (Å²) >= 11 is 0. The van der Waals surface area contributed by atoms with E-state index < -0.39 is 12.2 Å². The van der Waals surface area contributed by atoms with Gasteiger partial charge in [-0.15, -0.1) is 0 Å². The molecule has 0 bridgehead atoms. The van der Waals surface area contributed by atoms with Crippen molar-refractivity contribution < 1.29 is 15.3 Å². The molecule has 0 aromatic heterocycles. The van der Waals surface area contributed by atoms with E-state index in [1.807, 2.05) is 0 Å². The zero-order valence-corrected chi connectivity index (χ0v) is 15.0. The summed E-state index contributed by atoms with van der Waals surface area (Å²) in [5.74, 6) is 0.725. The van der Waals surface area contributed by atoms with Gasteiger partial charge in [0.15, 0.2) is 0 Å². The molecule has 0 aliphatic heterocycles. The van der Waals surface area contributed by atoms with Crippen molar-refractivity contribution in [2.75, 3.05) is 6.61 Å². The molecule has 23 heavy (non-hydrogen) atoms. The van der Waals surface area contributed by atoms with E-state index in [1.165, 1.54) is 12.0 Å². The summed E-state index contributed by atoms with van der Waals surface area (Å²) in [5, 5.41) is 31.0. The molecule has 5 atom stereocenters. The van der Waals surface area contributed by atoms with E-state index in [4.69, 9.17) is 0 Å². The maximum Gasteiger partial charge on any atom is 0.0784 e. The van der Waals surface area contributed by atoms with Gasteiger partial charge in [0.25, 0.3) is 0 Å². The smallest absolute Gasteiger partial charge is 0.0784 e. The second kappa shape index (κ2) is 5.72. The molecule has 0 saturated heterocycles. The van der Waals surface area contributed by atoms with Crippen LogP contribution in [0.2, 0.25) is 0 Å². The van der Waals surface area contributed by atoms with E-state index in [0.29, 0.717) is 17.9 Å². The number of fused-ring (bicyclic) bond motifs is 3. The van der Waals surface area contributed by atoms with Crippen LogP contribution in [-0.4, -0.2) is 34.1 Å². The predicted molar refractivity (Wildman–Crippen MR) is 91.8 cm³/mol. The Morgan fingerprint density at radius 1 is 1.17 bits per heavy atom. The van der Waals surface area contributed by atoms with Gasteiger partial charge >= 0.3 is 0 Å².